The second-order valence-electron chi connectivity index (χ2n) is 3.83. The Hall–Kier alpha value is -1.000. The van der Waals surface area contributed by atoms with Gasteiger partial charge in [0.25, 0.3) is 0 Å². The average molecular weight is 279 g/mol. The van der Waals surface area contributed by atoms with Crippen molar-refractivity contribution in [1.29, 1.82) is 0 Å². The van der Waals surface area contributed by atoms with E-state index in [2.05, 4.69) is 25.6 Å². The number of thiol groups is 1. The summed E-state index contributed by atoms with van der Waals surface area (Å²) in [6.45, 7) is 4.79. The van der Waals surface area contributed by atoms with Crippen molar-refractivity contribution in [3.63, 3.8) is 0 Å². The monoisotopic (exact) mass is 279 g/mol. The van der Waals surface area contributed by atoms with E-state index >= 15 is 0 Å². The normalized spacial score (nSPS) is 10.6. The van der Waals surface area contributed by atoms with Crippen LogP contribution in [0.15, 0.2) is 24.3 Å². The minimum absolute atomic E-state index is 0.669. The number of hydrogen-bond acceptors (Lipinski definition) is 4. The number of aryl methyl sites for hydroxylation is 1. The summed E-state index contributed by atoms with van der Waals surface area (Å²) in [5, 5.41) is 1.03. The number of ether oxygens (including phenoxy) is 1. The summed E-state index contributed by atoms with van der Waals surface area (Å²) in [7, 11) is 0. The number of nitrogens with zero attached hydrogens (tertiary/aromatic N) is 1. The molecule has 18 heavy (non-hydrogen) atoms. The first-order chi connectivity index (χ1) is 8.80. The van der Waals surface area contributed by atoms with Crippen molar-refractivity contribution < 1.29 is 4.74 Å². The fraction of sp³-hybridized carbons (Fsp3) is 0.357. The van der Waals surface area contributed by atoms with Gasteiger partial charge in [-0.2, -0.15) is 12.6 Å². The maximum absolute atomic E-state index is 5.66. The molecule has 2 aromatic rings. The molecule has 0 saturated carbocycles. The highest BCUT2D eigenvalue weighted by atomic mass is 32.1. The molecule has 1 aromatic carbocycles. The van der Waals surface area contributed by atoms with Crippen molar-refractivity contribution in [3.05, 3.63) is 34.8 Å². The molecule has 4 heteroatoms. The van der Waals surface area contributed by atoms with Crippen molar-refractivity contribution >= 4 is 24.0 Å². The summed E-state index contributed by atoms with van der Waals surface area (Å²) in [5.74, 6) is 1.65. The molecule has 0 fully saturated rings. The Kier molecular flexibility index (Phi) is 4.66. The van der Waals surface area contributed by atoms with E-state index in [1.807, 2.05) is 25.1 Å². The first kappa shape index (κ1) is 13.4. The van der Waals surface area contributed by atoms with Crippen LogP contribution in [0, 0.1) is 0 Å². The van der Waals surface area contributed by atoms with Gasteiger partial charge in [-0.05, 0) is 25.5 Å². The summed E-state index contributed by atoms with van der Waals surface area (Å²) in [5.41, 5.74) is 2.23. The number of benzene rings is 1. The van der Waals surface area contributed by atoms with E-state index in [9.17, 15) is 0 Å². The summed E-state index contributed by atoms with van der Waals surface area (Å²) >= 11 is 6.08. The largest absolute Gasteiger partial charge is 0.493 e. The lowest BCUT2D eigenvalue weighted by atomic mass is 10.2. The van der Waals surface area contributed by atoms with Crippen LogP contribution in [0.5, 0.6) is 5.75 Å². The first-order valence-electron chi connectivity index (χ1n) is 6.11. The van der Waals surface area contributed by atoms with Crippen LogP contribution in [-0.4, -0.2) is 11.6 Å². The van der Waals surface area contributed by atoms with Crippen molar-refractivity contribution in [1.82, 2.24) is 4.98 Å². The van der Waals surface area contributed by atoms with Crippen LogP contribution in [-0.2, 0) is 12.2 Å². The number of aromatic nitrogens is 1. The van der Waals surface area contributed by atoms with E-state index in [1.54, 1.807) is 11.3 Å². The standard InChI is InChI=1S/C14H17NOS2/c1-3-11-13(9-17)18-14(15-11)10-7-5-6-8-12(10)16-4-2/h5-8,17H,3-4,9H2,1-2H3. The van der Waals surface area contributed by atoms with Gasteiger partial charge in [-0.25, -0.2) is 4.98 Å². The maximum Gasteiger partial charge on any atom is 0.129 e. The molecular weight excluding hydrogens is 262 g/mol. The van der Waals surface area contributed by atoms with Gasteiger partial charge in [0.2, 0.25) is 0 Å². The Morgan fingerprint density at radius 2 is 2.06 bits per heavy atom. The summed E-state index contributed by atoms with van der Waals surface area (Å²) in [6, 6.07) is 8.06. The molecule has 0 saturated heterocycles. The molecule has 1 aromatic heterocycles. The Morgan fingerprint density at radius 1 is 1.28 bits per heavy atom. The highest BCUT2D eigenvalue weighted by Crippen LogP contribution is 2.35. The topological polar surface area (TPSA) is 22.1 Å². The minimum Gasteiger partial charge on any atom is -0.493 e. The predicted octanol–water partition coefficient (Wildman–Crippen LogP) is 4.20. The molecule has 2 nitrogen and oxygen atoms in total. The molecule has 0 N–H and O–H groups in total. The van der Waals surface area contributed by atoms with Gasteiger partial charge < -0.3 is 4.74 Å². The number of thiazole rings is 1. The van der Waals surface area contributed by atoms with Crippen molar-refractivity contribution in [3.8, 4) is 16.3 Å². The van der Waals surface area contributed by atoms with Crippen LogP contribution < -0.4 is 4.74 Å². The van der Waals surface area contributed by atoms with E-state index in [1.165, 1.54) is 4.88 Å². The molecule has 0 aliphatic carbocycles. The minimum atomic E-state index is 0.669. The molecular formula is C14H17NOS2. The molecule has 0 atom stereocenters. The molecule has 0 amide bonds. The zero-order valence-corrected chi connectivity index (χ0v) is 12.4. The Balaban J connectivity index is 2.44. The smallest absolute Gasteiger partial charge is 0.129 e. The molecule has 1 heterocycles. The highest BCUT2D eigenvalue weighted by Gasteiger charge is 2.13. The van der Waals surface area contributed by atoms with E-state index in [0.29, 0.717) is 6.61 Å². The second-order valence-corrected chi connectivity index (χ2v) is 5.23. The predicted molar refractivity (Wildman–Crippen MR) is 80.8 cm³/mol. The van der Waals surface area contributed by atoms with Crippen molar-refractivity contribution in [2.24, 2.45) is 0 Å². The van der Waals surface area contributed by atoms with Gasteiger partial charge in [0.1, 0.15) is 10.8 Å². The highest BCUT2D eigenvalue weighted by molar-refractivity contribution is 7.79. The lowest BCUT2D eigenvalue weighted by molar-refractivity contribution is 0.341. The Morgan fingerprint density at radius 3 is 2.67 bits per heavy atom. The zero-order chi connectivity index (χ0) is 13.0. The maximum atomic E-state index is 5.66. The zero-order valence-electron chi connectivity index (χ0n) is 10.6. The lowest BCUT2D eigenvalue weighted by Gasteiger charge is -2.07. The lowest BCUT2D eigenvalue weighted by Crippen LogP contribution is -1.93. The van der Waals surface area contributed by atoms with Crippen LogP contribution in [0.1, 0.15) is 24.4 Å². The van der Waals surface area contributed by atoms with Crippen LogP contribution >= 0.6 is 24.0 Å². The number of hydrogen-bond donors (Lipinski definition) is 1. The summed E-state index contributed by atoms with van der Waals surface area (Å²) in [4.78, 5) is 5.95. The quantitative estimate of drug-likeness (QED) is 0.829. The van der Waals surface area contributed by atoms with Gasteiger partial charge in [-0.15, -0.1) is 11.3 Å². The van der Waals surface area contributed by atoms with Gasteiger partial charge in [0, 0.05) is 10.6 Å². The summed E-state index contributed by atoms with van der Waals surface area (Å²) < 4.78 is 5.66. The van der Waals surface area contributed by atoms with Crippen LogP contribution in [0.3, 0.4) is 0 Å². The number of para-hydroxylation sites is 1. The van der Waals surface area contributed by atoms with Gasteiger partial charge in [-0.1, -0.05) is 19.1 Å². The fourth-order valence-electron chi connectivity index (χ4n) is 1.82. The molecule has 0 bridgehead atoms. The Labute approximate surface area is 117 Å². The second kappa shape index (κ2) is 6.25. The van der Waals surface area contributed by atoms with Gasteiger partial charge >= 0.3 is 0 Å². The van der Waals surface area contributed by atoms with Crippen molar-refractivity contribution in [2.45, 2.75) is 26.0 Å². The molecule has 0 spiro atoms. The van der Waals surface area contributed by atoms with Crippen LogP contribution in [0.25, 0.3) is 10.6 Å². The van der Waals surface area contributed by atoms with E-state index in [0.717, 1.165) is 34.2 Å². The Bertz CT molecular complexity index is 501. The van der Waals surface area contributed by atoms with Crippen LogP contribution in [0.2, 0.25) is 0 Å². The SMILES string of the molecule is CCOc1ccccc1-c1nc(CC)c(CS)s1. The van der Waals surface area contributed by atoms with Gasteiger partial charge in [0.05, 0.1) is 17.9 Å². The van der Waals surface area contributed by atoms with E-state index in [4.69, 9.17) is 9.72 Å². The molecule has 0 radical (unpaired) electrons. The number of rotatable bonds is 5. The summed E-state index contributed by atoms with van der Waals surface area (Å²) in [6.07, 6.45) is 0.948. The molecule has 2 rings (SSSR count). The van der Waals surface area contributed by atoms with E-state index < -0.39 is 0 Å². The molecule has 0 unspecified atom stereocenters. The van der Waals surface area contributed by atoms with E-state index in [-0.39, 0.29) is 0 Å². The van der Waals surface area contributed by atoms with Gasteiger partial charge in [-0.3, -0.25) is 0 Å². The molecule has 0 aliphatic heterocycles. The average Bonchev–Trinajstić information content (AvgIpc) is 2.83. The van der Waals surface area contributed by atoms with Crippen LogP contribution in [0.4, 0.5) is 0 Å². The first-order valence-corrected chi connectivity index (χ1v) is 7.56. The molecule has 0 aliphatic rings. The fourth-order valence-corrected chi connectivity index (χ4v) is 3.24. The molecule has 96 valence electrons. The third kappa shape index (κ3) is 2.70. The van der Waals surface area contributed by atoms with Gasteiger partial charge in [0.15, 0.2) is 0 Å². The third-order valence-electron chi connectivity index (χ3n) is 2.67. The third-order valence-corrected chi connectivity index (χ3v) is 4.34. The van der Waals surface area contributed by atoms with Crippen molar-refractivity contribution in [2.75, 3.05) is 6.61 Å².